The van der Waals surface area contributed by atoms with Gasteiger partial charge < -0.3 is 25.2 Å². The summed E-state index contributed by atoms with van der Waals surface area (Å²) in [6.45, 7) is 13.4. The second-order valence-electron chi connectivity index (χ2n) is 9.31. The lowest BCUT2D eigenvalue weighted by atomic mass is 10.1. The Morgan fingerprint density at radius 3 is 2.61 bits per heavy atom. The Kier molecular flexibility index (Phi) is 10.8. The van der Waals surface area contributed by atoms with E-state index in [1.54, 1.807) is 0 Å². The van der Waals surface area contributed by atoms with Crippen LogP contribution in [0, 0.1) is 0 Å². The number of hydrogen-bond donors (Lipinski definition) is 2. The third kappa shape index (κ3) is 7.31. The molecule has 2 atom stereocenters. The average molecular weight is 495 g/mol. The molecular weight excluding hydrogens is 452 g/mol. The molecule has 1 heterocycles. The van der Waals surface area contributed by atoms with Gasteiger partial charge >= 0.3 is 0 Å². The topological polar surface area (TPSA) is 73.9 Å². The van der Waals surface area contributed by atoms with Crippen LogP contribution in [0.1, 0.15) is 79.4 Å². The summed E-state index contributed by atoms with van der Waals surface area (Å²) in [6, 6.07) is 15.3. The van der Waals surface area contributed by atoms with Crippen LogP contribution in [0.2, 0.25) is 0 Å². The molecule has 0 fully saturated rings. The molecule has 0 aliphatic carbocycles. The van der Waals surface area contributed by atoms with E-state index in [2.05, 4.69) is 36.3 Å². The van der Waals surface area contributed by atoms with Crippen molar-refractivity contribution in [3.8, 4) is 0 Å². The normalized spacial score (nSPS) is 15.8. The van der Waals surface area contributed by atoms with Crippen LogP contribution in [0.25, 0.3) is 0 Å². The van der Waals surface area contributed by atoms with Crippen LogP contribution in [-0.2, 0) is 4.74 Å². The Labute approximate surface area is 216 Å². The molecule has 1 aliphatic rings. The highest BCUT2D eigenvalue weighted by molar-refractivity contribution is 5.99. The lowest BCUT2D eigenvalue weighted by molar-refractivity contribution is 0.0708. The van der Waals surface area contributed by atoms with Crippen LogP contribution in [0.4, 0.5) is 5.69 Å². The minimum absolute atomic E-state index is 0.0204. The van der Waals surface area contributed by atoms with Crippen molar-refractivity contribution >= 4 is 17.5 Å². The molecule has 0 aromatic heterocycles. The molecule has 0 saturated carbocycles. The molecule has 0 spiro atoms. The van der Waals surface area contributed by atoms with Gasteiger partial charge in [0.1, 0.15) is 6.17 Å². The predicted molar refractivity (Wildman–Crippen MR) is 145 cm³/mol. The van der Waals surface area contributed by atoms with Crippen molar-refractivity contribution in [2.75, 3.05) is 44.7 Å². The standard InChI is InChI=1S/C29H42N4O3/c1-5-32(6-2)18-11-13-22(4)30-28(34)23-14-10-15-24(21-23)31-27-25-16-8-9-17-26(25)29(35)33(27)19-12-20-36-7-3/h8-10,14-17,21-22,27,31H,5-7,11-13,18-20H2,1-4H3,(H,30,34). The number of nitrogens with one attached hydrogen (secondary N) is 2. The van der Waals surface area contributed by atoms with Crippen molar-refractivity contribution < 1.29 is 14.3 Å². The van der Waals surface area contributed by atoms with Gasteiger partial charge in [0, 0.05) is 48.2 Å². The summed E-state index contributed by atoms with van der Waals surface area (Å²) in [4.78, 5) is 30.3. The van der Waals surface area contributed by atoms with Crippen LogP contribution in [0.5, 0.6) is 0 Å². The highest BCUT2D eigenvalue weighted by Gasteiger charge is 2.36. The molecule has 0 saturated heterocycles. The molecule has 0 radical (unpaired) electrons. The van der Waals surface area contributed by atoms with Gasteiger partial charge in [-0.15, -0.1) is 0 Å². The zero-order valence-corrected chi connectivity index (χ0v) is 22.3. The first-order valence-electron chi connectivity index (χ1n) is 13.4. The monoisotopic (exact) mass is 494 g/mol. The molecular formula is C29H42N4O3. The number of amides is 2. The Bertz CT molecular complexity index is 992. The molecule has 0 bridgehead atoms. The summed E-state index contributed by atoms with van der Waals surface area (Å²) in [7, 11) is 0. The van der Waals surface area contributed by atoms with E-state index in [0.29, 0.717) is 25.3 Å². The number of carbonyl (C=O) groups excluding carboxylic acids is 2. The van der Waals surface area contributed by atoms with E-state index < -0.39 is 0 Å². The van der Waals surface area contributed by atoms with E-state index in [9.17, 15) is 9.59 Å². The Balaban J connectivity index is 1.64. The fraction of sp³-hybridized carbons (Fsp3) is 0.517. The van der Waals surface area contributed by atoms with E-state index in [1.165, 1.54) is 0 Å². The SMILES string of the molecule is CCOCCCN1C(=O)c2ccccc2C1Nc1cccc(C(=O)NC(C)CCCN(CC)CC)c1. The summed E-state index contributed by atoms with van der Waals surface area (Å²) in [6.07, 6.45) is 2.48. The Morgan fingerprint density at radius 1 is 1.08 bits per heavy atom. The lowest BCUT2D eigenvalue weighted by Crippen LogP contribution is -2.34. The number of rotatable bonds is 15. The third-order valence-corrected chi connectivity index (χ3v) is 6.76. The van der Waals surface area contributed by atoms with Crippen molar-refractivity contribution in [2.45, 2.75) is 59.2 Å². The first-order chi connectivity index (χ1) is 17.5. The summed E-state index contributed by atoms with van der Waals surface area (Å²) in [5.74, 6) is -0.0579. The van der Waals surface area contributed by atoms with E-state index in [0.717, 1.165) is 55.7 Å². The molecule has 2 aromatic rings. The molecule has 3 rings (SSSR count). The fourth-order valence-electron chi connectivity index (χ4n) is 4.69. The quantitative estimate of drug-likeness (QED) is 0.344. The summed E-state index contributed by atoms with van der Waals surface area (Å²) >= 11 is 0. The van der Waals surface area contributed by atoms with E-state index >= 15 is 0 Å². The maximum atomic E-state index is 13.1. The van der Waals surface area contributed by atoms with Crippen molar-refractivity contribution in [2.24, 2.45) is 0 Å². The Hall–Kier alpha value is -2.90. The minimum atomic E-state index is -0.285. The van der Waals surface area contributed by atoms with Gasteiger partial charge in [0.2, 0.25) is 0 Å². The molecule has 1 aliphatic heterocycles. The molecule has 2 amide bonds. The third-order valence-electron chi connectivity index (χ3n) is 6.76. The molecule has 196 valence electrons. The molecule has 2 N–H and O–H groups in total. The van der Waals surface area contributed by atoms with E-state index in [4.69, 9.17) is 4.74 Å². The van der Waals surface area contributed by atoms with Crippen LogP contribution < -0.4 is 10.6 Å². The van der Waals surface area contributed by atoms with Gasteiger partial charge in [0.05, 0.1) is 0 Å². The molecule has 7 heteroatoms. The lowest BCUT2D eigenvalue weighted by Gasteiger charge is -2.27. The van der Waals surface area contributed by atoms with Crippen molar-refractivity contribution in [3.05, 3.63) is 65.2 Å². The van der Waals surface area contributed by atoms with Gasteiger partial charge in [-0.25, -0.2) is 0 Å². The fourth-order valence-corrected chi connectivity index (χ4v) is 4.69. The second-order valence-corrected chi connectivity index (χ2v) is 9.31. The smallest absolute Gasteiger partial charge is 0.256 e. The van der Waals surface area contributed by atoms with Crippen LogP contribution in [0.3, 0.4) is 0 Å². The zero-order chi connectivity index (χ0) is 25.9. The first-order valence-corrected chi connectivity index (χ1v) is 13.4. The van der Waals surface area contributed by atoms with Crippen LogP contribution in [0.15, 0.2) is 48.5 Å². The van der Waals surface area contributed by atoms with E-state index in [1.807, 2.05) is 60.4 Å². The number of nitrogens with zero attached hydrogens (tertiary/aromatic N) is 2. The predicted octanol–water partition coefficient (Wildman–Crippen LogP) is 4.92. The molecule has 2 unspecified atom stereocenters. The Morgan fingerprint density at radius 2 is 1.86 bits per heavy atom. The largest absolute Gasteiger partial charge is 0.382 e. The number of benzene rings is 2. The van der Waals surface area contributed by atoms with Gasteiger partial charge in [0.15, 0.2) is 0 Å². The van der Waals surface area contributed by atoms with Crippen molar-refractivity contribution in [3.63, 3.8) is 0 Å². The van der Waals surface area contributed by atoms with Gasteiger partial charge in [-0.1, -0.05) is 38.1 Å². The summed E-state index contributed by atoms with van der Waals surface area (Å²) < 4.78 is 5.48. The van der Waals surface area contributed by atoms with E-state index in [-0.39, 0.29) is 24.0 Å². The maximum absolute atomic E-state index is 13.1. The van der Waals surface area contributed by atoms with Gasteiger partial charge in [-0.2, -0.15) is 0 Å². The van der Waals surface area contributed by atoms with Gasteiger partial charge in [-0.3, -0.25) is 9.59 Å². The number of carbonyl (C=O) groups is 2. The minimum Gasteiger partial charge on any atom is -0.382 e. The highest BCUT2D eigenvalue weighted by atomic mass is 16.5. The van der Waals surface area contributed by atoms with Crippen LogP contribution in [-0.4, -0.2) is 67.0 Å². The first kappa shape index (κ1) is 27.7. The average Bonchev–Trinajstić information content (AvgIpc) is 3.15. The second kappa shape index (κ2) is 14.0. The zero-order valence-electron chi connectivity index (χ0n) is 22.3. The van der Waals surface area contributed by atoms with Crippen LogP contribution >= 0.6 is 0 Å². The molecule has 2 aromatic carbocycles. The highest BCUT2D eigenvalue weighted by Crippen LogP contribution is 2.34. The van der Waals surface area contributed by atoms with Crippen molar-refractivity contribution in [1.82, 2.24) is 15.1 Å². The summed E-state index contributed by atoms with van der Waals surface area (Å²) in [5.41, 5.74) is 3.09. The summed E-state index contributed by atoms with van der Waals surface area (Å²) in [5, 5.41) is 6.64. The number of anilines is 1. The molecule has 7 nitrogen and oxygen atoms in total. The van der Waals surface area contributed by atoms with Gasteiger partial charge in [-0.05, 0) is 77.0 Å². The number of hydrogen-bond acceptors (Lipinski definition) is 5. The van der Waals surface area contributed by atoms with Crippen molar-refractivity contribution in [1.29, 1.82) is 0 Å². The van der Waals surface area contributed by atoms with Gasteiger partial charge in [0.25, 0.3) is 11.8 Å². The maximum Gasteiger partial charge on any atom is 0.256 e. The number of fused-ring (bicyclic) bond motifs is 1. The number of ether oxygens (including phenoxy) is 1. The molecule has 36 heavy (non-hydrogen) atoms.